The van der Waals surface area contributed by atoms with Gasteiger partial charge >= 0.3 is 0 Å². The van der Waals surface area contributed by atoms with Gasteiger partial charge in [-0.15, -0.1) is 11.3 Å². The molecular weight excluding hydrogens is 328 g/mol. The lowest BCUT2D eigenvalue weighted by molar-refractivity contribution is 0.581. The summed E-state index contributed by atoms with van der Waals surface area (Å²) >= 11 is 7.22. The van der Waals surface area contributed by atoms with Gasteiger partial charge in [-0.3, -0.25) is 0 Å². The molecular formula is C14H15ClN2O2S2. The average molecular weight is 343 g/mol. The standard InChI is InChI=1S/C14H15ClN2O2S2/c15-14-6-3-11(20-14)9-17-21(18,19)12-4-5-13-10(8-12)2-1-7-16-13/h3-6,8,16-17H,1-2,7,9H2. The topological polar surface area (TPSA) is 58.2 Å². The van der Waals surface area contributed by atoms with Crippen LogP contribution in [0.3, 0.4) is 0 Å². The van der Waals surface area contributed by atoms with Crippen molar-refractivity contribution in [3.63, 3.8) is 0 Å². The number of rotatable bonds is 4. The van der Waals surface area contributed by atoms with Crippen LogP contribution in [0.4, 0.5) is 5.69 Å². The van der Waals surface area contributed by atoms with Crippen molar-refractivity contribution in [2.24, 2.45) is 0 Å². The van der Waals surface area contributed by atoms with Crippen molar-refractivity contribution in [1.82, 2.24) is 4.72 Å². The van der Waals surface area contributed by atoms with Gasteiger partial charge in [0.2, 0.25) is 10.0 Å². The summed E-state index contributed by atoms with van der Waals surface area (Å²) < 4.78 is 27.9. The number of sulfonamides is 1. The van der Waals surface area contributed by atoms with E-state index in [1.807, 2.05) is 12.1 Å². The molecule has 0 amide bonds. The summed E-state index contributed by atoms with van der Waals surface area (Å²) in [5.74, 6) is 0. The van der Waals surface area contributed by atoms with Gasteiger partial charge in [-0.05, 0) is 48.7 Å². The quantitative estimate of drug-likeness (QED) is 0.896. The molecule has 1 aromatic carbocycles. The number of aryl methyl sites for hydroxylation is 1. The van der Waals surface area contributed by atoms with E-state index in [1.54, 1.807) is 18.2 Å². The van der Waals surface area contributed by atoms with Crippen LogP contribution in [-0.2, 0) is 23.0 Å². The van der Waals surface area contributed by atoms with Crippen LogP contribution in [0.5, 0.6) is 0 Å². The van der Waals surface area contributed by atoms with Crippen LogP contribution in [0.15, 0.2) is 35.2 Å². The summed E-state index contributed by atoms with van der Waals surface area (Å²) in [5.41, 5.74) is 2.09. The van der Waals surface area contributed by atoms with Gasteiger partial charge in [-0.1, -0.05) is 11.6 Å². The minimum atomic E-state index is -3.50. The maximum atomic E-state index is 12.3. The van der Waals surface area contributed by atoms with Crippen LogP contribution in [0.25, 0.3) is 0 Å². The molecule has 2 heterocycles. The van der Waals surface area contributed by atoms with Crippen molar-refractivity contribution in [3.8, 4) is 0 Å². The zero-order valence-electron chi connectivity index (χ0n) is 11.2. The van der Waals surface area contributed by atoms with E-state index in [4.69, 9.17) is 11.6 Å². The Kier molecular flexibility index (Phi) is 4.21. The minimum Gasteiger partial charge on any atom is -0.385 e. The minimum absolute atomic E-state index is 0.259. The van der Waals surface area contributed by atoms with E-state index in [0.29, 0.717) is 9.23 Å². The highest BCUT2D eigenvalue weighted by atomic mass is 35.5. The molecule has 0 fully saturated rings. The Morgan fingerprint density at radius 1 is 1.29 bits per heavy atom. The number of fused-ring (bicyclic) bond motifs is 1. The zero-order valence-corrected chi connectivity index (χ0v) is 13.6. The first-order chi connectivity index (χ1) is 10.0. The van der Waals surface area contributed by atoms with E-state index in [9.17, 15) is 8.42 Å². The number of hydrogen-bond donors (Lipinski definition) is 2. The number of benzene rings is 1. The van der Waals surface area contributed by atoms with E-state index in [0.717, 1.165) is 35.5 Å². The van der Waals surface area contributed by atoms with Gasteiger partial charge in [0, 0.05) is 23.7 Å². The van der Waals surface area contributed by atoms with E-state index < -0.39 is 10.0 Å². The first-order valence-corrected chi connectivity index (χ1v) is 9.33. The summed E-state index contributed by atoms with van der Waals surface area (Å²) in [5, 5.41) is 3.27. The van der Waals surface area contributed by atoms with Crippen LogP contribution in [0.2, 0.25) is 4.34 Å². The first-order valence-electron chi connectivity index (χ1n) is 6.65. The Bertz CT molecular complexity index is 756. The Hall–Kier alpha value is -1.08. The number of anilines is 1. The molecule has 2 aromatic rings. The van der Waals surface area contributed by atoms with E-state index in [2.05, 4.69) is 10.0 Å². The molecule has 1 aromatic heterocycles. The molecule has 3 rings (SSSR count). The van der Waals surface area contributed by atoms with Crippen molar-refractivity contribution in [2.45, 2.75) is 24.3 Å². The molecule has 1 aliphatic heterocycles. The smallest absolute Gasteiger partial charge is 0.240 e. The second-order valence-corrected chi connectivity index (χ2v) is 8.45. The molecule has 21 heavy (non-hydrogen) atoms. The summed E-state index contributed by atoms with van der Waals surface area (Å²) in [7, 11) is -3.50. The highest BCUT2D eigenvalue weighted by Crippen LogP contribution is 2.25. The lowest BCUT2D eigenvalue weighted by Crippen LogP contribution is -2.23. The second kappa shape index (κ2) is 5.96. The van der Waals surface area contributed by atoms with Crippen molar-refractivity contribution in [2.75, 3.05) is 11.9 Å². The summed E-state index contributed by atoms with van der Waals surface area (Å²) in [6.07, 6.45) is 1.93. The first kappa shape index (κ1) is 14.8. The predicted octanol–water partition coefficient (Wildman–Crippen LogP) is 3.24. The largest absolute Gasteiger partial charge is 0.385 e. The van der Waals surface area contributed by atoms with E-state index in [1.165, 1.54) is 11.3 Å². The summed E-state index contributed by atoms with van der Waals surface area (Å²) in [6, 6.07) is 8.82. The molecule has 2 N–H and O–H groups in total. The lowest BCUT2D eigenvalue weighted by Gasteiger charge is -2.18. The fourth-order valence-electron chi connectivity index (χ4n) is 2.31. The number of hydrogen-bond acceptors (Lipinski definition) is 4. The van der Waals surface area contributed by atoms with Crippen molar-refractivity contribution in [3.05, 3.63) is 45.1 Å². The Labute approximate surface area is 133 Å². The summed E-state index contributed by atoms with van der Waals surface area (Å²) in [6.45, 7) is 1.20. The van der Waals surface area contributed by atoms with Gasteiger partial charge in [0.05, 0.1) is 9.23 Å². The van der Waals surface area contributed by atoms with Gasteiger partial charge in [-0.25, -0.2) is 13.1 Å². The highest BCUT2D eigenvalue weighted by molar-refractivity contribution is 7.89. The van der Waals surface area contributed by atoms with E-state index in [-0.39, 0.29) is 6.54 Å². The fourth-order valence-corrected chi connectivity index (χ4v) is 4.49. The maximum Gasteiger partial charge on any atom is 0.240 e. The Morgan fingerprint density at radius 2 is 2.14 bits per heavy atom. The molecule has 4 nitrogen and oxygen atoms in total. The predicted molar refractivity (Wildman–Crippen MR) is 86.6 cm³/mol. The molecule has 0 unspecified atom stereocenters. The molecule has 0 spiro atoms. The monoisotopic (exact) mass is 342 g/mol. The Balaban J connectivity index is 1.78. The summed E-state index contributed by atoms with van der Waals surface area (Å²) in [4.78, 5) is 1.20. The molecule has 0 saturated heterocycles. The van der Waals surface area contributed by atoms with Crippen LogP contribution in [0, 0.1) is 0 Å². The maximum absolute atomic E-state index is 12.3. The molecule has 7 heteroatoms. The molecule has 1 aliphatic rings. The van der Waals surface area contributed by atoms with Crippen molar-refractivity contribution < 1.29 is 8.42 Å². The average Bonchev–Trinajstić information content (AvgIpc) is 2.90. The molecule has 0 atom stereocenters. The van der Waals surface area contributed by atoms with Crippen LogP contribution < -0.4 is 10.0 Å². The fraction of sp³-hybridized carbons (Fsp3) is 0.286. The third kappa shape index (κ3) is 3.40. The van der Waals surface area contributed by atoms with Crippen molar-refractivity contribution in [1.29, 1.82) is 0 Å². The third-order valence-electron chi connectivity index (χ3n) is 3.39. The zero-order chi connectivity index (χ0) is 14.9. The third-order valence-corrected chi connectivity index (χ3v) is 6.02. The van der Waals surface area contributed by atoms with Crippen LogP contribution in [-0.4, -0.2) is 15.0 Å². The SMILES string of the molecule is O=S(=O)(NCc1ccc(Cl)s1)c1ccc2c(c1)CCCN2. The molecule has 0 aliphatic carbocycles. The molecule has 0 saturated carbocycles. The highest BCUT2D eigenvalue weighted by Gasteiger charge is 2.17. The van der Waals surface area contributed by atoms with Gasteiger partial charge in [0.1, 0.15) is 0 Å². The Morgan fingerprint density at radius 3 is 2.90 bits per heavy atom. The number of thiophene rings is 1. The van der Waals surface area contributed by atoms with Gasteiger partial charge in [0.25, 0.3) is 0 Å². The number of nitrogens with one attached hydrogen (secondary N) is 2. The van der Waals surface area contributed by atoms with Gasteiger partial charge in [-0.2, -0.15) is 0 Å². The van der Waals surface area contributed by atoms with Crippen LogP contribution in [0.1, 0.15) is 16.9 Å². The van der Waals surface area contributed by atoms with Crippen molar-refractivity contribution >= 4 is 38.6 Å². The molecule has 0 radical (unpaired) electrons. The van der Waals surface area contributed by atoms with Crippen LogP contribution >= 0.6 is 22.9 Å². The van der Waals surface area contributed by atoms with Gasteiger partial charge in [0.15, 0.2) is 0 Å². The van der Waals surface area contributed by atoms with E-state index >= 15 is 0 Å². The molecule has 0 bridgehead atoms. The number of halogens is 1. The molecule has 112 valence electrons. The lowest BCUT2D eigenvalue weighted by atomic mass is 10.0. The second-order valence-electron chi connectivity index (χ2n) is 4.88. The normalized spacial score (nSPS) is 14.5. The van der Waals surface area contributed by atoms with Gasteiger partial charge < -0.3 is 5.32 Å².